The van der Waals surface area contributed by atoms with Crippen LogP contribution in [0.15, 0.2) is 24.3 Å². The predicted octanol–water partition coefficient (Wildman–Crippen LogP) is 2.92. The van der Waals surface area contributed by atoms with Crippen LogP contribution in [-0.4, -0.2) is 41.3 Å². The van der Waals surface area contributed by atoms with Gasteiger partial charge in [-0.2, -0.15) is 11.8 Å². The summed E-state index contributed by atoms with van der Waals surface area (Å²) < 4.78 is 0. The molecule has 126 valence electrons. The van der Waals surface area contributed by atoms with Gasteiger partial charge in [-0.05, 0) is 18.9 Å². The van der Waals surface area contributed by atoms with Crippen LogP contribution in [0.4, 0.5) is 0 Å². The van der Waals surface area contributed by atoms with Gasteiger partial charge in [-0.15, -0.1) is 0 Å². The van der Waals surface area contributed by atoms with E-state index in [2.05, 4.69) is 36.5 Å². The standard InChI is InChI=1S/C18H26N2O2S/c1-3-10-19-17(21)8-9-18(22)20-11-12-23-13-16(20)15-6-4-14(2)5-7-15/h4-7,16H,3,8-13H2,1-2H3,(H,19,21)/t16-/m0/s1. The van der Waals surface area contributed by atoms with E-state index in [9.17, 15) is 9.59 Å². The van der Waals surface area contributed by atoms with Crippen molar-refractivity contribution in [3.8, 4) is 0 Å². The second kappa shape index (κ2) is 8.96. The molecule has 0 radical (unpaired) electrons. The number of aryl methyl sites for hydroxylation is 1. The summed E-state index contributed by atoms with van der Waals surface area (Å²) in [6.07, 6.45) is 1.49. The number of nitrogens with one attached hydrogen (secondary N) is 1. The molecular weight excluding hydrogens is 308 g/mol. The molecule has 0 aliphatic carbocycles. The fourth-order valence-corrected chi connectivity index (χ4v) is 3.77. The van der Waals surface area contributed by atoms with E-state index in [1.165, 1.54) is 11.1 Å². The first-order chi connectivity index (χ1) is 11.1. The Labute approximate surface area is 143 Å². The van der Waals surface area contributed by atoms with E-state index in [0.29, 0.717) is 13.0 Å². The smallest absolute Gasteiger partial charge is 0.223 e. The minimum absolute atomic E-state index is 0.0292. The number of thioether (sulfide) groups is 1. The summed E-state index contributed by atoms with van der Waals surface area (Å²) in [5.41, 5.74) is 2.41. The van der Waals surface area contributed by atoms with Gasteiger partial charge in [-0.1, -0.05) is 36.8 Å². The highest BCUT2D eigenvalue weighted by molar-refractivity contribution is 7.99. The van der Waals surface area contributed by atoms with Crippen LogP contribution >= 0.6 is 11.8 Å². The average Bonchev–Trinajstić information content (AvgIpc) is 2.58. The summed E-state index contributed by atoms with van der Waals surface area (Å²) in [6.45, 7) is 5.53. The number of carbonyl (C=O) groups is 2. The lowest BCUT2D eigenvalue weighted by atomic mass is 10.0. The van der Waals surface area contributed by atoms with Crippen molar-refractivity contribution < 1.29 is 9.59 Å². The molecular formula is C18H26N2O2S. The molecule has 5 heteroatoms. The molecule has 0 bridgehead atoms. The summed E-state index contributed by atoms with van der Waals surface area (Å²) in [6, 6.07) is 8.53. The van der Waals surface area contributed by atoms with Crippen molar-refractivity contribution in [1.82, 2.24) is 10.2 Å². The maximum Gasteiger partial charge on any atom is 0.223 e. The summed E-state index contributed by atoms with van der Waals surface area (Å²) in [5, 5.41) is 2.83. The fourth-order valence-electron chi connectivity index (χ4n) is 2.68. The summed E-state index contributed by atoms with van der Waals surface area (Å²) >= 11 is 1.89. The Kier molecular flexibility index (Phi) is 6.96. The van der Waals surface area contributed by atoms with E-state index >= 15 is 0 Å². The number of carbonyl (C=O) groups excluding carboxylic acids is 2. The van der Waals surface area contributed by atoms with Crippen molar-refractivity contribution in [2.75, 3.05) is 24.6 Å². The molecule has 0 spiro atoms. The van der Waals surface area contributed by atoms with Crippen LogP contribution < -0.4 is 5.32 Å². The molecule has 0 aromatic heterocycles. The molecule has 1 aliphatic heterocycles. The van der Waals surface area contributed by atoms with Gasteiger partial charge >= 0.3 is 0 Å². The quantitative estimate of drug-likeness (QED) is 0.870. The van der Waals surface area contributed by atoms with Crippen molar-refractivity contribution in [3.63, 3.8) is 0 Å². The Hall–Kier alpha value is -1.49. The van der Waals surface area contributed by atoms with E-state index in [-0.39, 0.29) is 24.3 Å². The lowest BCUT2D eigenvalue weighted by molar-refractivity contribution is -0.135. The first kappa shape index (κ1) is 17.9. The zero-order valence-corrected chi connectivity index (χ0v) is 14.8. The second-order valence-corrected chi connectivity index (χ2v) is 7.09. The van der Waals surface area contributed by atoms with E-state index in [1.54, 1.807) is 0 Å². The molecule has 0 saturated carbocycles. The molecule has 4 nitrogen and oxygen atoms in total. The van der Waals surface area contributed by atoms with Gasteiger partial charge in [0.1, 0.15) is 0 Å². The van der Waals surface area contributed by atoms with Crippen LogP contribution in [-0.2, 0) is 9.59 Å². The number of amides is 2. The third-order valence-corrected chi connectivity index (χ3v) is 5.07. The highest BCUT2D eigenvalue weighted by Gasteiger charge is 2.28. The first-order valence-electron chi connectivity index (χ1n) is 8.32. The highest BCUT2D eigenvalue weighted by atomic mass is 32.2. The van der Waals surface area contributed by atoms with Gasteiger partial charge in [-0.3, -0.25) is 9.59 Å². The van der Waals surface area contributed by atoms with Gasteiger partial charge < -0.3 is 10.2 Å². The predicted molar refractivity (Wildman–Crippen MR) is 95.5 cm³/mol. The summed E-state index contributed by atoms with van der Waals surface area (Å²) in [5.74, 6) is 1.95. The van der Waals surface area contributed by atoms with Gasteiger partial charge in [0.25, 0.3) is 0 Å². The number of hydrogen-bond donors (Lipinski definition) is 1. The van der Waals surface area contributed by atoms with Crippen molar-refractivity contribution in [2.45, 2.75) is 39.2 Å². The molecule has 2 rings (SSSR count). The van der Waals surface area contributed by atoms with Crippen molar-refractivity contribution in [2.24, 2.45) is 0 Å². The van der Waals surface area contributed by atoms with Gasteiger partial charge in [0.15, 0.2) is 0 Å². The highest BCUT2D eigenvalue weighted by Crippen LogP contribution is 2.30. The number of hydrogen-bond acceptors (Lipinski definition) is 3. The van der Waals surface area contributed by atoms with E-state index < -0.39 is 0 Å². The van der Waals surface area contributed by atoms with Crippen molar-refractivity contribution in [1.29, 1.82) is 0 Å². The van der Waals surface area contributed by atoms with Crippen molar-refractivity contribution >= 4 is 23.6 Å². The molecule has 1 aromatic rings. The number of benzene rings is 1. The van der Waals surface area contributed by atoms with Crippen LogP contribution in [0.3, 0.4) is 0 Å². The largest absolute Gasteiger partial charge is 0.356 e. The Bertz CT molecular complexity index is 530. The Morgan fingerprint density at radius 3 is 2.70 bits per heavy atom. The molecule has 1 aromatic carbocycles. The zero-order chi connectivity index (χ0) is 16.7. The van der Waals surface area contributed by atoms with E-state index in [0.717, 1.165) is 24.5 Å². The number of rotatable bonds is 6. The van der Waals surface area contributed by atoms with Crippen LogP contribution in [0, 0.1) is 6.92 Å². The minimum atomic E-state index is -0.0292. The van der Waals surface area contributed by atoms with Crippen LogP contribution in [0.5, 0.6) is 0 Å². The minimum Gasteiger partial charge on any atom is -0.356 e. The molecule has 2 amide bonds. The molecule has 1 aliphatic rings. The van der Waals surface area contributed by atoms with Crippen LogP contribution in [0.2, 0.25) is 0 Å². The maximum absolute atomic E-state index is 12.6. The van der Waals surface area contributed by atoms with Crippen LogP contribution in [0.1, 0.15) is 43.4 Å². The molecule has 0 unspecified atom stereocenters. The molecule has 1 fully saturated rings. The van der Waals surface area contributed by atoms with E-state index in [1.807, 2.05) is 23.6 Å². The lowest BCUT2D eigenvalue weighted by Gasteiger charge is -2.36. The third-order valence-electron chi connectivity index (χ3n) is 4.05. The molecule has 1 atom stereocenters. The molecule has 23 heavy (non-hydrogen) atoms. The fraction of sp³-hybridized carbons (Fsp3) is 0.556. The second-order valence-electron chi connectivity index (χ2n) is 5.94. The van der Waals surface area contributed by atoms with Crippen LogP contribution in [0.25, 0.3) is 0 Å². The SMILES string of the molecule is CCCNC(=O)CCC(=O)N1CCSC[C@H]1c1ccc(C)cc1. The van der Waals surface area contributed by atoms with Gasteiger partial charge in [-0.25, -0.2) is 0 Å². The zero-order valence-electron chi connectivity index (χ0n) is 14.0. The number of nitrogens with zero attached hydrogens (tertiary/aromatic N) is 1. The maximum atomic E-state index is 12.6. The topological polar surface area (TPSA) is 49.4 Å². The van der Waals surface area contributed by atoms with E-state index in [4.69, 9.17) is 0 Å². The molecule has 1 N–H and O–H groups in total. The summed E-state index contributed by atoms with van der Waals surface area (Å²) in [4.78, 5) is 26.2. The first-order valence-corrected chi connectivity index (χ1v) is 9.47. The monoisotopic (exact) mass is 334 g/mol. The van der Waals surface area contributed by atoms with Gasteiger partial charge in [0.05, 0.1) is 6.04 Å². The van der Waals surface area contributed by atoms with Gasteiger partial charge in [0.2, 0.25) is 11.8 Å². The Balaban J connectivity index is 1.96. The Morgan fingerprint density at radius 2 is 2.00 bits per heavy atom. The Morgan fingerprint density at radius 1 is 1.26 bits per heavy atom. The third kappa shape index (κ3) is 5.27. The molecule has 1 heterocycles. The molecule has 1 saturated heterocycles. The summed E-state index contributed by atoms with van der Waals surface area (Å²) in [7, 11) is 0. The average molecular weight is 334 g/mol. The van der Waals surface area contributed by atoms with Crippen molar-refractivity contribution in [3.05, 3.63) is 35.4 Å². The normalized spacial score (nSPS) is 17.8. The lowest BCUT2D eigenvalue weighted by Crippen LogP contribution is -2.41. The van der Waals surface area contributed by atoms with Gasteiger partial charge in [0, 0.05) is 37.4 Å².